The van der Waals surface area contributed by atoms with E-state index in [-0.39, 0.29) is 18.6 Å². The van der Waals surface area contributed by atoms with Gasteiger partial charge >= 0.3 is 5.97 Å². The molecule has 0 atom stereocenters. The molecule has 0 radical (unpaired) electrons. The summed E-state index contributed by atoms with van der Waals surface area (Å²) in [7, 11) is 0. The number of aromatic nitrogens is 1. The fourth-order valence-electron chi connectivity index (χ4n) is 1.60. The van der Waals surface area contributed by atoms with Crippen molar-refractivity contribution < 1.29 is 19.4 Å². The zero-order valence-electron chi connectivity index (χ0n) is 11.1. The van der Waals surface area contributed by atoms with Crippen molar-refractivity contribution in [3.05, 3.63) is 29.6 Å². The highest BCUT2D eigenvalue weighted by Gasteiger charge is 2.23. The topological polar surface area (TPSA) is 88.5 Å². The number of carboxylic acid groups (broad SMARTS) is 1. The predicted molar refractivity (Wildman–Crippen MR) is 72.3 cm³/mol. The van der Waals surface area contributed by atoms with E-state index < -0.39 is 5.97 Å². The van der Waals surface area contributed by atoms with Gasteiger partial charge in [0.25, 0.3) is 5.91 Å². The third-order valence-corrected chi connectivity index (χ3v) is 2.71. The Hall–Kier alpha value is -2.37. The number of aryl methyl sites for hydroxylation is 1. The molecule has 2 rings (SSSR count). The Morgan fingerprint density at radius 2 is 2.25 bits per heavy atom. The van der Waals surface area contributed by atoms with E-state index in [0.29, 0.717) is 11.4 Å². The van der Waals surface area contributed by atoms with Crippen molar-refractivity contribution in [1.29, 1.82) is 0 Å². The summed E-state index contributed by atoms with van der Waals surface area (Å²) < 4.78 is 5.40. The Morgan fingerprint density at radius 3 is 2.90 bits per heavy atom. The van der Waals surface area contributed by atoms with Crippen LogP contribution in [0.15, 0.2) is 18.2 Å². The first-order chi connectivity index (χ1) is 9.54. The molecule has 1 aliphatic rings. The molecule has 1 heterocycles. The predicted octanol–water partition coefficient (Wildman–Crippen LogP) is 1.15. The van der Waals surface area contributed by atoms with Crippen molar-refractivity contribution in [3.63, 3.8) is 0 Å². The van der Waals surface area contributed by atoms with E-state index in [2.05, 4.69) is 10.3 Å². The van der Waals surface area contributed by atoms with Gasteiger partial charge in [-0.15, -0.1) is 0 Å². The Labute approximate surface area is 116 Å². The molecule has 1 aromatic heterocycles. The van der Waals surface area contributed by atoms with Gasteiger partial charge in [-0.3, -0.25) is 4.79 Å². The summed E-state index contributed by atoms with van der Waals surface area (Å²) in [5, 5.41) is 11.4. The summed E-state index contributed by atoms with van der Waals surface area (Å²) in [5.74, 6) is -0.856. The molecule has 0 saturated heterocycles. The SMILES string of the molecule is Cc1ccc(OCC(=O)NC2CC2)c(C=CC(=O)O)n1. The number of aliphatic carboxylic acids is 1. The molecule has 1 fully saturated rings. The van der Waals surface area contributed by atoms with Gasteiger partial charge in [-0.05, 0) is 38.0 Å². The van der Waals surface area contributed by atoms with Crippen LogP contribution >= 0.6 is 0 Å². The van der Waals surface area contributed by atoms with Gasteiger partial charge in [-0.2, -0.15) is 0 Å². The van der Waals surface area contributed by atoms with Crippen LogP contribution in [0.4, 0.5) is 0 Å². The number of nitrogens with one attached hydrogen (secondary N) is 1. The van der Waals surface area contributed by atoms with Crippen LogP contribution in [-0.2, 0) is 9.59 Å². The minimum atomic E-state index is -1.06. The standard InChI is InChI=1S/C14H16N2O4/c1-9-2-6-12(11(15-9)5-7-14(18)19)20-8-13(17)16-10-3-4-10/h2,5-7,10H,3-4,8H2,1H3,(H,16,17)(H,18,19). The van der Waals surface area contributed by atoms with Crippen molar-refractivity contribution in [2.75, 3.05) is 6.61 Å². The average Bonchev–Trinajstić information content (AvgIpc) is 3.19. The molecule has 6 nitrogen and oxygen atoms in total. The Morgan fingerprint density at radius 1 is 1.50 bits per heavy atom. The van der Waals surface area contributed by atoms with Gasteiger partial charge in [0.05, 0.1) is 0 Å². The fourth-order valence-corrected chi connectivity index (χ4v) is 1.60. The van der Waals surface area contributed by atoms with Crippen LogP contribution in [0.3, 0.4) is 0 Å². The Balaban J connectivity index is 2.01. The first-order valence-electron chi connectivity index (χ1n) is 6.35. The molecule has 1 aliphatic carbocycles. The van der Waals surface area contributed by atoms with Gasteiger partial charge in [-0.1, -0.05) is 0 Å². The zero-order chi connectivity index (χ0) is 14.5. The maximum absolute atomic E-state index is 11.5. The second-order valence-electron chi connectivity index (χ2n) is 4.64. The molecular weight excluding hydrogens is 260 g/mol. The van der Waals surface area contributed by atoms with Crippen molar-refractivity contribution >= 4 is 18.0 Å². The largest absolute Gasteiger partial charge is 0.482 e. The number of ether oxygens (including phenoxy) is 1. The van der Waals surface area contributed by atoms with Crippen LogP contribution in [0.25, 0.3) is 6.08 Å². The monoisotopic (exact) mass is 276 g/mol. The maximum atomic E-state index is 11.5. The normalized spacial score (nSPS) is 14.2. The van der Waals surface area contributed by atoms with Crippen LogP contribution in [0.2, 0.25) is 0 Å². The summed E-state index contributed by atoms with van der Waals surface area (Å²) in [6, 6.07) is 3.70. The van der Waals surface area contributed by atoms with Crippen LogP contribution in [-0.4, -0.2) is 34.6 Å². The molecule has 1 saturated carbocycles. The molecule has 0 spiro atoms. The molecule has 2 N–H and O–H groups in total. The number of carbonyl (C=O) groups excluding carboxylic acids is 1. The summed E-state index contributed by atoms with van der Waals surface area (Å²) in [6.45, 7) is 1.69. The van der Waals surface area contributed by atoms with Crippen molar-refractivity contribution in [2.45, 2.75) is 25.8 Å². The summed E-state index contributed by atoms with van der Waals surface area (Å²) >= 11 is 0. The van der Waals surface area contributed by atoms with Gasteiger partial charge in [0.2, 0.25) is 0 Å². The van der Waals surface area contributed by atoms with E-state index >= 15 is 0 Å². The van der Waals surface area contributed by atoms with Gasteiger partial charge in [-0.25, -0.2) is 9.78 Å². The number of carbonyl (C=O) groups is 2. The third-order valence-electron chi connectivity index (χ3n) is 2.71. The summed E-state index contributed by atoms with van der Waals surface area (Å²) in [6.07, 6.45) is 4.37. The average molecular weight is 276 g/mol. The molecule has 0 bridgehead atoms. The van der Waals surface area contributed by atoms with E-state index in [1.807, 2.05) is 0 Å². The molecule has 20 heavy (non-hydrogen) atoms. The molecule has 106 valence electrons. The first kappa shape index (κ1) is 14.0. The first-order valence-corrected chi connectivity index (χ1v) is 6.35. The Kier molecular flexibility index (Phi) is 4.34. The molecule has 0 aromatic carbocycles. The number of pyridine rings is 1. The van der Waals surface area contributed by atoms with Crippen LogP contribution in [0.1, 0.15) is 24.2 Å². The zero-order valence-corrected chi connectivity index (χ0v) is 11.1. The van der Waals surface area contributed by atoms with Gasteiger partial charge in [0, 0.05) is 17.8 Å². The molecule has 0 aliphatic heterocycles. The smallest absolute Gasteiger partial charge is 0.328 e. The molecule has 6 heteroatoms. The van der Waals surface area contributed by atoms with Crippen molar-refractivity contribution in [3.8, 4) is 5.75 Å². The summed E-state index contributed by atoms with van der Waals surface area (Å²) in [4.78, 5) is 26.3. The lowest BCUT2D eigenvalue weighted by Gasteiger charge is -2.09. The van der Waals surface area contributed by atoms with Gasteiger partial charge in [0.15, 0.2) is 6.61 Å². The number of hydrogen-bond acceptors (Lipinski definition) is 4. The number of nitrogens with zero attached hydrogens (tertiary/aromatic N) is 1. The third kappa shape index (κ3) is 4.38. The second-order valence-corrected chi connectivity index (χ2v) is 4.64. The van der Waals surface area contributed by atoms with Gasteiger partial charge in [0.1, 0.15) is 11.4 Å². The maximum Gasteiger partial charge on any atom is 0.328 e. The quantitative estimate of drug-likeness (QED) is 0.761. The molecule has 1 aromatic rings. The number of hydrogen-bond donors (Lipinski definition) is 2. The highest BCUT2D eigenvalue weighted by Crippen LogP contribution is 2.20. The van der Waals surface area contributed by atoms with E-state index in [0.717, 1.165) is 24.6 Å². The summed E-state index contributed by atoms with van der Waals surface area (Å²) in [5.41, 5.74) is 1.14. The second kappa shape index (κ2) is 6.18. The fraction of sp³-hybridized carbons (Fsp3) is 0.357. The highest BCUT2D eigenvalue weighted by molar-refractivity contribution is 5.85. The number of amides is 1. The minimum absolute atomic E-state index is 0.102. The van der Waals surface area contributed by atoms with E-state index in [1.165, 1.54) is 6.08 Å². The lowest BCUT2D eigenvalue weighted by atomic mass is 10.2. The number of carboxylic acids is 1. The highest BCUT2D eigenvalue weighted by atomic mass is 16.5. The van der Waals surface area contributed by atoms with E-state index in [4.69, 9.17) is 9.84 Å². The Bertz CT molecular complexity index is 550. The van der Waals surface area contributed by atoms with E-state index in [1.54, 1.807) is 19.1 Å². The van der Waals surface area contributed by atoms with Gasteiger partial charge < -0.3 is 15.2 Å². The van der Waals surface area contributed by atoms with Crippen LogP contribution in [0.5, 0.6) is 5.75 Å². The van der Waals surface area contributed by atoms with E-state index in [9.17, 15) is 9.59 Å². The number of rotatable bonds is 6. The van der Waals surface area contributed by atoms with Crippen molar-refractivity contribution in [2.24, 2.45) is 0 Å². The van der Waals surface area contributed by atoms with Crippen LogP contribution in [0, 0.1) is 6.92 Å². The lowest BCUT2D eigenvalue weighted by Crippen LogP contribution is -2.30. The molecule has 1 amide bonds. The van der Waals surface area contributed by atoms with Crippen molar-refractivity contribution in [1.82, 2.24) is 10.3 Å². The van der Waals surface area contributed by atoms with Crippen LogP contribution < -0.4 is 10.1 Å². The molecular formula is C14H16N2O4. The minimum Gasteiger partial charge on any atom is -0.482 e. The molecule has 0 unspecified atom stereocenters. The lowest BCUT2D eigenvalue weighted by molar-refractivity contribution is -0.131.